The van der Waals surface area contributed by atoms with Gasteiger partial charge in [-0.25, -0.2) is 4.39 Å². The Kier molecular flexibility index (Phi) is 6.08. The van der Waals surface area contributed by atoms with Crippen LogP contribution in [-0.2, 0) is 22.7 Å². The standard InChI is InChI=1S/C19H21FO2S/c20-17-14-23-18(13-21-11-15-7-3-1-4-8-15)19(17)22-12-16-9-5-2-6-10-16/h1-10,17-19H,11-14H2/t17-,18-,19+/m0/s1. The lowest BCUT2D eigenvalue weighted by Crippen LogP contribution is -2.32. The molecular formula is C19H21FO2S. The fourth-order valence-corrected chi connectivity index (χ4v) is 3.88. The summed E-state index contributed by atoms with van der Waals surface area (Å²) >= 11 is 1.60. The fourth-order valence-electron chi connectivity index (χ4n) is 2.63. The van der Waals surface area contributed by atoms with E-state index in [0.717, 1.165) is 11.1 Å². The number of hydrogen-bond donors (Lipinski definition) is 0. The van der Waals surface area contributed by atoms with Crippen molar-refractivity contribution in [2.75, 3.05) is 12.4 Å². The molecule has 0 amide bonds. The van der Waals surface area contributed by atoms with Crippen molar-refractivity contribution in [3.63, 3.8) is 0 Å². The number of hydrogen-bond acceptors (Lipinski definition) is 3. The largest absolute Gasteiger partial charge is 0.376 e. The van der Waals surface area contributed by atoms with Crippen molar-refractivity contribution >= 4 is 11.8 Å². The Morgan fingerprint density at radius 1 is 0.913 bits per heavy atom. The Labute approximate surface area is 141 Å². The lowest BCUT2D eigenvalue weighted by molar-refractivity contribution is -0.0167. The first-order valence-corrected chi connectivity index (χ1v) is 8.90. The first kappa shape index (κ1) is 16.5. The minimum Gasteiger partial charge on any atom is -0.376 e. The summed E-state index contributed by atoms with van der Waals surface area (Å²) in [4.78, 5) is 0. The van der Waals surface area contributed by atoms with Crippen LogP contribution in [0.5, 0.6) is 0 Å². The fraction of sp³-hybridized carbons (Fsp3) is 0.368. The molecule has 0 saturated carbocycles. The molecule has 0 N–H and O–H groups in total. The molecule has 1 heterocycles. The Morgan fingerprint density at radius 2 is 1.52 bits per heavy atom. The summed E-state index contributed by atoms with van der Waals surface area (Å²) in [6, 6.07) is 19.9. The van der Waals surface area contributed by atoms with Crippen molar-refractivity contribution in [1.29, 1.82) is 0 Å². The normalized spacial score (nSPS) is 24.0. The van der Waals surface area contributed by atoms with Crippen molar-refractivity contribution in [3.8, 4) is 0 Å². The van der Waals surface area contributed by atoms with Gasteiger partial charge in [-0.15, -0.1) is 0 Å². The highest BCUT2D eigenvalue weighted by atomic mass is 32.2. The van der Waals surface area contributed by atoms with E-state index in [1.165, 1.54) is 0 Å². The number of alkyl halides is 1. The van der Waals surface area contributed by atoms with Gasteiger partial charge in [-0.05, 0) is 11.1 Å². The average Bonchev–Trinajstić information content (AvgIpc) is 2.95. The van der Waals surface area contributed by atoms with Crippen LogP contribution in [-0.4, -0.2) is 29.9 Å². The maximum Gasteiger partial charge on any atom is 0.136 e. The second-order valence-corrected chi connectivity index (χ2v) is 6.92. The van der Waals surface area contributed by atoms with E-state index >= 15 is 0 Å². The third-order valence-corrected chi connectivity index (χ3v) is 5.21. The van der Waals surface area contributed by atoms with Gasteiger partial charge in [-0.2, -0.15) is 11.8 Å². The first-order chi connectivity index (χ1) is 11.3. The molecule has 3 atom stereocenters. The third-order valence-electron chi connectivity index (χ3n) is 3.87. The van der Waals surface area contributed by atoms with E-state index in [4.69, 9.17) is 9.47 Å². The molecule has 3 rings (SSSR count). The monoisotopic (exact) mass is 332 g/mol. The van der Waals surface area contributed by atoms with Gasteiger partial charge in [0, 0.05) is 5.75 Å². The van der Waals surface area contributed by atoms with Crippen LogP contribution in [0.1, 0.15) is 11.1 Å². The summed E-state index contributed by atoms with van der Waals surface area (Å²) in [7, 11) is 0. The zero-order chi connectivity index (χ0) is 15.9. The predicted octanol–water partition coefficient (Wildman–Crippen LogP) is 4.24. The van der Waals surface area contributed by atoms with Crippen molar-refractivity contribution in [1.82, 2.24) is 0 Å². The molecule has 23 heavy (non-hydrogen) atoms. The minimum atomic E-state index is -0.922. The maximum absolute atomic E-state index is 14.1. The summed E-state index contributed by atoms with van der Waals surface area (Å²) in [5, 5.41) is 0.0532. The van der Waals surface area contributed by atoms with Gasteiger partial charge in [0.05, 0.1) is 25.1 Å². The molecule has 0 aromatic heterocycles. The Morgan fingerprint density at radius 3 is 2.17 bits per heavy atom. The molecule has 0 spiro atoms. The van der Waals surface area contributed by atoms with Gasteiger partial charge < -0.3 is 9.47 Å². The molecule has 0 aliphatic carbocycles. The molecule has 2 aromatic carbocycles. The molecule has 0 unspecified atom stereocenters. The van der Waals surface area contributed by atoms with Gasteiger partial charge in [-0.3, -0.25) is 0 Å². The highest BCUT2D eigenvalue weighted by molar-refractivity contribution is 8.00. The number of halogens is 1. The van der Waals surface area contributed by atoms with Gasteiger partial charge in [0.25, 0.3) is 0 Å². The second-order valence-electron chi connectivity index (χ2n) is 5.65. The summed E-state index contributed by atoms with van der Waals surface area (Å²) < 4.78 is 25.7. The number of rotatable bonds is 7. The van der Waals surface area contributed by atoms with Gasteiger partial charge in [0.2, 0.25) is 0 Å². The van der Waals surface area contributed by atoms with Crippen LogP contribution >= 0.6 is 11.8 Å². The molecule has 4 heteroatoms. The maximum atomic E-state index is 14.1. The van der Waals surface area contributed by atoms with Gasteiger partial charge in [-0.1, -0.05) is 60.7 Å². The van der Waals surface area contributed by atoms with Crippen LogP contribution in [0.3, 0.4) is 0 Å². The lowest BCUT2D eigenvalue weighted by atomic mass is 10.1. The third kappa shape index (κ3) is 4.80. The van der Waals surface area contributed by atoms with E-state index in [1.54, 1.807) is 11.8 Å². The smallest absolute Gasteiger partial charge is 0.136 e. The first-order valence-electron chi connectivity index (χ1n) is 7.86. The summed E-state index contributed by atoms with van der Waals surface area (Å²) in [5.41, 5.74) is 2.20. The Balaban J connectivity index is 1.48. The van der Waals surface area contributed by atoms with Crippen molar-refractivity contribution in [2.24, 2.45) is 0 Å². The zero-order valence-corrected chi connectivity index (χ0v) is 13.8. The van der Waals surface area contributed by atoms with Gasteiger partial charge in [0.1, 0.15) is 12.3 Å². The Hall–Kier alpha value is -1.36. The van der Waals surface area contributed by atoms with E-state index in [-0.39, 0.29) is 5.25 Å². The summed E-state index contributed by atoms with van der Waals surface area (Å²) in [5.74, 6) is 0.485. The SMILES string of the molecule is F[C@H]1CS[C@@H](COCc2ccccc2)[C@@H]1OCc1ccccc1. The van der Waals surface area contributed by atoms with Crippen molar-refractivity contribution < 1.29 is 13.9 Å². The number of ether oxygens (including phenoxy) is 2. The molecule has 122 valence electrons. The van der Waals surface area contributed by atoms with E-state index < -0.39 is 12.3 Å². The molecule has 1 aliphatic rings. The van der Waals surface area contributed by atoms with E-state index in [0.29, 0.717) is 25.6 Å². The molecule has 0 radical (unpaired) electrons. The number of thioether (sulfide) groups is 1. The van der Waals surface area contributed by atoms with E-state index in [2.05, 4.69) is 0 Å². The van der Waals surface area contributed by atoms with Gasteiger partial charge in [0.15, 0.2) is 0 Å². The van der Waals surface area contributed by atoms with E-state index in [1.807, 2.05) is 60.7 Å². The highest BCUT2D eigenvalue weighted by Crippen LogP contribution is 2.32. The van der Waals surface area contributed by atoms with Crippen LogP contribution in [0, 0.1) is 0 Å². The topological polar surface area (TPSA) is 18.5 Å². The van der Waals surface area contributed by atoms with E-state index in [9.17, 15) is 4.39 Å². The van der Waals surface area contributed by atoms with Crippen LogP contribution < -0.4 is 0 Å². The quantitative estimate of drug-likeness (QED) is 0.755. The summed E-state index contributed by atoms with van der Waals surface area (Å²) in [6.07, 6.45) is -1.31. The van der Waals surface area contributed by atoms with Crippen LogP contribution in [0.25, 0.3) is 0 Å². The molecule has 0 bridgehead atoms. The van der Waals surface area contributed by atoms with Crippen molar-refractivity contribution in [2.45, 2.75) is 30.7 Å². The second kappa shape index (κ2) is 8.48. The lowest BCUT2D eigenvalue weighted by Gasteiger charge is -2.21. The zero-order valence-electron chi connectivity index (χ0n) is 12.9. The average molecular weight is 332 g/mol. The predicted molar refractivity (Wildman–Crippen MR) is 92.3 cm³/mol. The molecular weight excluding hydrogens is 311 g/mol. The van der Waals surface area contributed by atoms with Gasteiger partial charge >= 0.3 is 0 Å². The highest BCUT2D eigenvalue weighted by Gasteiger charge is 2.38. The molecule has 2 aromatic rings. The molecule has 2 nitrogen and oxygen atoms in total. The van der Waals surface area contributed by atoms with Crippen LogP contribution in [0.15, 0.2) is 60.7 Å². The van der Waals surface area contributed by atoms with Crippen LogP contribution in [0.4, 0.5) is 4.39 Å². The van der Waals surface area contributed by atoms with Crippen molar-refractivity contribution in [3.05, 3.63) is 71.8 Å². The molecule has 1 aliphatic heterocycles. The molecule has 1 fully saturated rings. The molecule has 1 saturated heterocycles. The van der Waals surface area contributed by atoms with Crippen LogP contribution in [0.2, 0.25) is 0 Å². The number of benzene rings is 2. The minimum absolute atomic E-state index is 0.0532. The summed E-state index contributed by atoms with van der Waals surface area (Å²) in [6.45, 7) is 1.52. The Bertz CT molecular complexity index is 578.